The lowest BCUT2D eigenvalue weighted by molar-refractivity contribution is 0.522. The Morgan fingerprint density at radius 1 is 1.69 bits per heavy atom. The molecule has 3 heteroatoms. The maximum Gasteiger partial charge on any atom is 0.138 e. The van der Waals surface area contributed by atoms with Crippen molar-refractivity contribution in [2.75, 3.05) is 0 Å². The molecule has 1 aliphatic rings. The minimum Gasteiger partial charge on any atom is -0.348 e. The van der Waals surface area contributed by atoms with E-state index in [2.05, 4.69) is 30.7 Å². The normalized spacial score (nSPS) is 21.2. The lowest BCUT2D eigenvalue weighted by Crippen LogP contribution is -2.15. The van der Waals surface area contributed by atoms with Crippen molar-refractivity contribution >= 4 is 5.84 Å². The second-order valence-corrected chi connectivity index (χ2v) is 3.75. The van der Waals surface area contributed by atoms with Crippen LogP contribution >= 0.6 is 0 Å². The van der Waals surface area contributed by atoms with Gasteiger partial charge in [-0.25, -0.2) is 4.39 Å². The zero-order valence-corrected chi connectivity index (χ0v) is 8.10. The molecule has 0 aromatic carbocycles. The zero-order valence-electron chi connectivity index (χ0n) is 8.10. The Morgan fingerprint density at radius 2 is 2.38 bits per heavy atom. The molecule has 0 aliphatic carbocycles. The van der Waals surface area contributed by atoms with Gasteiger partial charge in [-0.15, -0.1) is 0 Å². The molecule has 0 spiro atoms. The molecule has 0 bridgehead atoms. The lowest BCUT2D eigenvalue weighted by atomic mass is 10.0. The predicted molar refractivity (Wildman–Crippen MR) is 53.3 cm³/mol. The number of halogens is 1. The summed E-state index contributed by atoms with van der Waals surface area (Å²) in [6.07, 6.45) is 4.34. The molecule has 1 heterocycles. The van der Waals surface area contributed by atoms with Crippen LogP contribution in [0, 0.1) is 0 Å². The van der Waals surface area contributed by atoms with Crippen molar-refractivity contribution in [1.29, 1.82) is 0 Å². The molecule has 1 N–H and O–H groups in total. The van der Waals surface area contributed by atoms with Gasteiger partial charge in [0.2, 0.25) is 0 Å². The first-order valence-corrected chi connectivity index (χ1v) is 4.37. The van der Waals surface area contributed by atoms with Crippen molar-refractivity contribution in [1.82, 2.24) is 5.32 Å². The summed E-state index contributed by atoms with van der Waals surface area (Å²) in [5.41, 5.74) is 0.000822. The first-order valence-electron chi connectivity index (χ1n) is 4.37. The zero-order chi connectivity index (χ0) is 9.90. The van der Waals surface area contributed by atoms with Crippen LogP contribution in [0.25, 0.3) is 0 Å². The number of allylic oxidation sites excluding steroid dienone is 2. The van der Waals surface area contributed by atoms with Gasteiger partial charge in [-0.05, 0) is 26.3 Å². The first-order chi connectivity index (χ1) is 6.03. The molecule has 0 atom stereocenters. The van der Waals surface area contributed by atoms with Crippen LogP contribution in [0.3, 0.4) is 0 Å². The minimum absolute atomic E-state index is 0.000822. The van der Waals surface area contributed by atoms with E-state index < -0.39 is 0 Å². The van der Waals surface area contributed by atoms with Crippen LogP contribution in [0.4, 0.5) is 4.39 Å². The summed E-state index contributed by atoms with van der Waals surface area (Å²) >= 11 is 0. The fourth-order valence-electron chi connectivity index (χ4n) is 1.22. The van der Waals surface area contributed by atoms with E-state index in [1.165, 1.54) is 6.20 Å². The minimum atomic E-state index is -0.368. The number of aliphatic imine (C=N–C) groups is 1. The Bertz CT molecular complexity index is 264. The Labute approximate surface area is 78.2 Å². The highest BCUT2D eigenvalue weighted by Crippen LogP contribution is 2.23. The molecule has 72 valence electrons. The van der Waals surface area contributed by atoms with E-state index in [1.807, 2.05) is 0 Å². The van der Waals surface area contributed by atoms with Gasteiger partial charge >= 0.3 is 0 Å². The number of nitrogens with one attached hydrogen (secondary N) is 1. The topological polar surface area (TPSA) is 24.4 Å². The number of hydrogen-bond donors (Lipinski definition) is 1. The average molecular weight is 182 g/mol. The van der Waals surface area contributed by atoms with Gasteiger partial charge in [0, 0.05) is 12.6 Å². The third-order valence-electron chi connectivity index (χ3n) is 1.98. The van der Waals surface area contributed by atoms with E-state index in [4.69, 9.17) is 0 Å². The van der Waals surface area contributed by atoms with Crippen molar-refractivity contribution in [3.63, 3.8) is 0 Å². The van der Waals surface area contributed by atoms with E-state index in [0.29, 0.717) is 0 Å². The fraction of sp³-hybridized carbons (Fsp3) is 0.500. The van der Waals surface area contributed by atoms with E-state index in [1.54, 1.807) is 0 Å². The van der Waals surface area contributed by atoms with Gasteiger partial charge in [0.1, 0.15) is 11.7 Å². The molecular weight excluding hydrogens is 167 g/mol. The third kappa shape index (κ3) is 3.01. The molecule has 0 fully saturated rings. The Balaban J connectivity index is 2.53. The highest BCUT2D eigenvalue weighted by molar-refractivity contribution is 5.85. The molecule has 0 amide bonds. The van der Waals surface area contributed by atoms with Gasteiger partial charge in [0.05, 0.1) is 5.54 Å². The van der Waals surface area contributed by atoms with Crippen molar-refractivity contribution in [2.45, 2.75) is 32.2 Å². The van der Waals surface area contributed by atoms with E-state index in [9.17, 15) is 4.39 Å². The van der Waals surface area contributed by atoms with Gasteiger partial charge in [-0.1, -0.05) is 6.58 Å². The highest BCUT2D eigenvalue weighted by atomic mass is 19.1. The van der Waals surface area contributed by atoms with E-state index in [-0.39, 0.29) is 11.4 Å². The predicted octanol–water partition coefficient (Wildman–Crippen LogP) is 2.54. The van der Waals surface area contributed by atoms with Crippen LogP contribution < -0.4 is 5.32 Å². The molecule has 0 aromatic heterocycles. The van der Waals surface area contributed by atoms with Crippen LogP contribution in [0.5, 0.6) is 0 Å². The summed E-state index contributed by atoms with van der Waals surface area (Å²) in [5.74, 6) is 0.481. The van der Waals surface area contributed by atoms with Crippen LogP contribution in [-0.2, 0) is 0 Å². The molecule has 0 saturated carbocycles. The second kappa shape index (κ2) is 3.73. The van der Waals surface area contributed by atoms with Crippen LogP contribution in [-0.4, -0.2) is 11.4 Å². The average Bonchev–Trinajstić information content (AvgIpc) is 2.41. The molecule has 0 aromatic rings. The van der Waals surface area contributed by atoms with Gasteiger partial charge in [-0.3, -0.25) is 4.99 Å². The van der Waals surface area contributed by atoms with Crippen LogP contribution in [0.2, 0.25) is 0 Å². The summed E-state index contributed by atoms with van der Waals surface area (Å²) in [6.45, 7) is 7.44. The van der Waals surface area contributed by atoms with Gasteiger partial charge in [0.15, 0.2) is 0 Å². The SMILES string of the molecule is C=C/C(F)=C/NC1=NC(C)(C)CC1. The largest absolute Gasteiger partial charge is 0.348 e. The first kappa shape index (κ1) is 9.96. The lowest BCUT2D eigenvalue weighted by Gasteiger charge is -2.10. The molecule has 13 heavy (non-hydrogen) atoms. The maximum atomic E-state index is 12.6. The summed E-state index contributed by atoms with van der Waals surface area (Å²) in [5, 5.41) is 2.83. The molecule has 0 unspecified atom stereocenters. The quantitative estimate of drug-likeness (QED) is 0.652. The second-order valence-electron chi connectivity index (χ2n) is 3.75. The summed E-state index contributed by atoms with van der Waals surface area (Å²) < 4.78 is 12.6. The summed E-state index contributed by atoms with van der Waals surface area (Å²) in [4.78, 5) is 4.39. The number of rotatable bonds is 2. The van der Waals surface area contributed by atoms with Crippen molar-refractivity contribution < 1.29 is 4.39 Å². The number of amidine groups is 1. The third-order valence-corrected chi connectivity index (χ3v) is 1.98. The molecule has 2 nitrogen and oxygen atoms in total. The molecule has 1 rings (SSSR count). The van der Waals surface area contributed by atoms with E-state index in [0.717, 1.165) is 24.8 Å². The van der Waals surface area contributed by atoms with Crippen molar-refractivity contribution in [3.8, 4) is 0 Å². The highest BCUT2D eigenvalue weighted by Gasteiger charge is 2.23. The molecule has 0 saturated heterocycles. The molecule has 1 aliphatic heterocycles. The summed E-state index contributed by atoms with van der Waals surface area (Å²) in [7, 11) is 0. The summed E-state index contributed by atoms with van der Waals surface area (Å²) in [6, 6.07) is 0. The van der Waals surface area contributed by atoms with Gasteiger partial charge in [0.25, 0.3) is 0 Å². The standard InChI is InChI=1S/C10H15FN2/c1-4-8(11)7-12-9-5-6-10(2,3)13-9/h4,7H,1,5-6H2,2-3H3,(H,12,13)/b8-7-. The van der Waals surface area contributed by atoms with E-state index >= 15 is 0 Å². The fourth-order valence-corrected chi connectivity index (χ4v) is 1.22. The van der Waals surface area contributed by atoms with Gasteiger partial charge in [-0.2, -0.15) is 0 Å². The Hall–Kier alpha value is -1.12. The van der Waals surface area contributed by atoms with Crippen LogP contribution in [0.1, 0.15) is 26.7 Å². The van der Waals surface area contributed by atoms with Gasteiger partial charge < -0.3 is 5.32 Å². The van der Waals surface area contributed by atoms with Crippen molar-refractivity contribution in [2.24, 2.45) is 4.99 Å². The number of hydrogen-bond acceptors (Lipinski definition) is 2. The number of nitrogens with zero attached hydrogens (tertiary/aromatic N) is 1. The van der Waals surface area contributed by atoms with Crippen LogP contribution in [0.15, 0.2) is 29.7 Å². The monoisotopic (exact) mass is 182 g/mol. The maximum absolute atomic E-state index is 12.6. The molecular formula is C10H15FN2. The smallest absolute Gasteiger partial charge is 0.138 e. The Kier molecular flexibility index (Phi) is 2.86. The Morgan fingerprint density at radius 3 is 2.85 bits per heavy atom. The van der Waals surface area contributed by atoms with Crippen molar-refractivity contribution in [3.05, 3.63) is 24.7 Å². The molecule has 0 radical (unpaired) electrons.